The van der Waals surface area contributed by atoms with E-state index in [1.165, 1.54) is 0 Å². The van der Waals surface area contributed by atoms with Gasteiger partial charge in [-0.1, -0.05) is 29.8 Å². The van der Waals surface area contributed by atoms with Gasteiger partial charge >= 0.3 is 0 Å². The Hall–Kier alpha value is -2.24. The topological polar surface area (TPSA) is 50.8 Å². The second-order valence-electron chi connectivity index (χ2n) is 6.72. The average molecular weight is 389 g/mol. The molecule has 1 aliphatic heterocycles. The number of nitrogens with zero attached hydrogens (tertiary/aromatic N) is 1. The Labute approximate surface area is 165 Å². The largest absolute Gasteiger partial charge is 0.497 e. The Bertz CT molecular complexity index is 797. The average Bonchev–Trinajstić information content (AvgIpc) is 2.70. The molecule has 2 aromatic carbocycles. The monoisotopic (exact) mass is 388 g/mol. The van der Waals surface area contributed by atoms with E-state index in [-0.39, 0.29) is 11.8 Å². The number of amides is 1. The van der Waals surface area contributed by atoms with Crippen LogP contribution in [0.15, 0.2) is 42.5 Å². The van der Waals surface area contributed by atoms with Crippen LogP contribution in [0.2, 0.25) is 5.02 Å². The number of methoxy groups -OCH3 is 2. The van der Waals surface area contributed by atoms with Gasteiger partial charge in [-0.25, -0.2) is 0 Å². The van der Waals surface area contributed by atoms with Crippen molar-refractivity contribution in [2.75, 3.05) is 32.6 Å². The molecule has 1 fully saturated rings. The van der Waals surface area contributed by atoms with E-state index in [1.54, 1.807) is 26.4 Å². The molecule has 1 aliphatic rings. The lowest BCUT2D eigenvalue weighted by Gasteiger charge is -2.32. The quantitative estimate of drug-likeness (QED) is 0.805. The predicted molar refractivity (Wildman–Crippen MR) is 108 cm³/mol. The molecule has 1 N–H and O–H groups in total. The van der Waals surface area contributed by atoms with Crippen molar-refractivity contribution in [2.24, 2.45) is 5.92 Å². The maximum atomic E-state index is 12.8. The highest BCUT2D eigenvalue weighted by molar-refractivity contribution is 6.31. The number of hydrogen-bond donors (Lipinski definition) is 1. The van der Waals surface area contributed by atoms with E-state index in [4.69, 9.17) is 21.1 Å². The van der Waals surface area contributed by atoms with E-state index in [1.807, 2.05) is 30.3 Å². The first-order valence-corrected chi connectivity index (χ1v) is 9.47. The minimum Gasteiger partial charge on any atom is -0.497 e. The smallest absolute Gasteiger partial charge is 0.228 e. The van der Waals surface area contributed by atoms with E-state index in [0.29, 0.717) is 17.2 Å². The minimum atomic E-state index is -0.0620. The van der Waals surface area contributed by atoms with Gasteiger partial charge in [0.1, 0.15) is 11.5 Å². The van der Waals surface area contributed by atoms with Crippen LogP contribution in [0.1, 0.15) is 18.4 Å². The van der Waals surface area contributed by atoms with Crippen LogP contribution >= 0.6 is 11.6 Å². The molecule has 2 aromatic rings. The highest BCUT2D eigenvalue weighted by Gasteiger charge is 2.26. The summed E-state index contributed by atoms with van der Waals surface area (Å²) in [6.45, 7) is 2.45. The summed E-state index contributed by atoms with van der Waals surface area (Å²) in [5, 5.41) is 3.78. The summed E-state index contributed by atoms with van der Waals surface area (Å²) in [5.41, 5.74) is 1.75. The summed E-state index contributed by atoms with van der Waals surface area (Å²) in [5.74, 6) is 1.23. The Balaban J connectivity index is 1.64. The molecule has 1 heterocycles. The first-order valence-electron chi connectivity index (χ1n) is 9.09. The van der Waals surface area contributed by atoms with Crippen molar-refractivity contribution in [1.82, 2.24) is 4.90 Å². The van der Waals surface area contributed by atoms with Crippen LogP contribution in [0.3, 0.4) is 0 Å². The number of halogens is 1. The van der Waals surface area contributed by atoms with Crippen LogP contribution in [-0.4, -0.2) is 38.1 Å². The number of piperidine rings is 1. The molecule has 0 bridgehead atoms. The zero-order valence-electron chi connectivity index (χ0n) is 15.7. The molecular formula is C21H25ClN2O3. The Morgan fingerprint density at radius 3 is 2.78 bits per heavy atom. The molecule has 6 heteroatoms. The lowest BCUT2D eigenvalue weighted by Crippen LogP contribution is -2.40. The molecule has 0 saturated carbocycles. The van der Waals surface area contributed by atoms with Crippen LogP contribution in [0.4, 0.5) is 5.69 Å². The third kappa shape index (κ3) is 4.93. The number of benzene rings is 2. The van der Waals surface area contributed by atoms with Gasteiger partial charge in [-0.3, -0.25) is 9.69 Å². The molecule has 1 saturated heterocycles. The lowest BCUT2D eigenvalue weighted by atomic mass is 9.96. The number of rotatable bonds is 6. The van der Waals surface area contributed by atoms with Gasteiger partial charge in [0.15, 0.2) is 0 Å². The molecule has 0 radical (unpaired) electrons. The molecule has 1 atom stereocenters. The standard InChI is InChI=1S/C21H25ClN2O3/c1-26-17-9-10-19(20(12-17)27-2)23-21(25)16-7-5-11-24(14-16)13-15-6-3-4-8-18(15)22/h3-4,6,8-10,12,16H,5,7,11,13-14H2,1-2H3,(H,23,25)/t16-/m0/s1. The molecule has 1 amide bonds. The highest BCUT2D eigenvalue weighted by atomic mass is 35.5. The number of hydrogen-bond acceptors (Lipinski definition) is 4. The van der Waals surface area contributed by atoms with E-state index in [0.717, 1.165) is 43.1 Å². The van der Waals surface area contributed by atoms with Crippen molar-refractivity contribution in [1.29, 1.82) is 0 Å². The van der Waals surface area contributed by atoms with Gasteiger partial charge in [-0.15, -0.1) is 0 Å². The number of anilines is 1. The third-order valence-electron chi connectivity index (χ3n) is 4.89. The number of carbonyl (C=O) groups excluding carboxylic acids is 1. The second kappa shape index (κ2) is 9.11. The summed E-state index contributed by atoms with van der Waals surface area (Å²) in [6, 6.07) is 13.2. The molecule has 0 aliphatic carbocycles. The van der Waals surface area contributed by atoms with E-state index >= 15 is 0 Å². The Morgan fingerprint density at radius 1 is 1.22 bits per heavy atom. The molecule has 3 rings (SSSR count). The summed E-state index contributed by atoms with van der Waals surface area (Å²) in [6.07, 6.45) is 1.87. The molecule has 0 spiro atoms. The SMILES string of the molecule is COc1ccc(NC(=O)[C@H]2CCCN(Cc3ccccc3Cl)C2)c(OC)c1. The fourth-order valence-electron chi connectivity index (χ4n) is 3.42. The van der Waals surface area contributed by atoms with Crippen molar-refractivity contribution in [3.8, 4) is 11.5 Å². The second-order valence-corrected chi connectivity index (χ2v) is 7.13. The van der Waals surface area contributed by atoms with E-state index < -0.39 is 0 Å². The molecular weight excluding hydrogens is 364 g/mol. The van der Waals surface area contributed by atoms with Crippen LogP contribution in [0.5, 0.6) is 11.5 Å². The number of carbonyl (C=O) groups is 1. The maximum absolute atomic E-state index is 12.8. The summed E-state index contributed by atoms with van der Waals surface area (Å²) < 4.78 is 10.6. The zero-order chi connectivity index (χ0) is 19.2. The van der Waals surface area contributed by atoms with Crippen molar-refractivity contribution in [3.63, 3.8) is 0 Å². The van der Waals surface area contributed by atoms with E-state index in [9.17, 15) is 4.79 Å². The lowest BCUT2D eigenvalue weighted by molar-refractivity contribution is -0.121. The van der Waals surface area contributed by atoms with Crippen LogP contribution in [0, 0.1) is 5.92 Å². The van der Waals surface area contributed by atoms with Gasteiger partial charge in [0, 0.05) is 24.2 Å². The number of likely N-dealkylation sites (tertiary alicyclic amines) is 1. The Morgan fingerprint density at radius 2 is 2.04 bits per heavy atom. The van der Waals surface area contributed by atoms with Crippen molar-refractivity contribution in [3.05, 3.63) is 53.1 Å². The maximum Gasteiger partial charge on any atom is 0.228 e. The van der Waals surface area contributed by atoms with Crippen molar-refractivity contribution < 1.29 is 14.3 Å². The van der Waals surface area contributed by atoms with Crippen molar-refractivity contribution >= 4 is 23.2 Å². The van der Waals surface area contributed by atoms with Crippen LogP contribution in [0.25, 0.3) is 0 Å². The third-order valence-corrected chi connectivity index (χ3v) is 5.26. The summed E-state index contributed by atoms with van der Waals surface area (Å²) >= 11 is 6.28. The highest BCUT2D eigenvalue weighted by Crippen LogP contribution is 2.30. The van der Waals surface area contributed by atoms with Gasteiger partial charge in [-0.05, 0) is 43.1 Å². The first kappa shape index (κ1) is 19.5. The molecule has 0 aromatic heterocycles. The van der Waals surface area contributed by atoms with Gasteiger partial charge in [0.05, 0.1) is 25.8 Å². The van der Waals surface area contributed by atoms with Gasteiger partial charge < -0.3 is 14.8 Å². The van der Waals surface area contributed by atoms with Gasteiger partial charge in [0.25, 0.3) is 0 Å². The molecule has 0 unspecified atom stereocenters. The van der Waals surface area contributed by atoms with Crippen molar-refractivity contribution in [2.45, 2.75) is 19.4 Å². The number of nitrogens with one attached hydrogen (secondary N) is 1. The number of ether oxygens (including phenoxy) is 2. The van der Waals surface area contributed by atoms with E-state index in [2.05, 4.69) is 10.2 Å². The molecule has 27 heavy (non-hydrogen) atoms. The van der Waals surface area contributed by atoms with Crippen LogP contribution < -0.4 is 14.8 Å². The van der Waals surface area contributed by atoms with Gasteiger partial charge in [0.2, 0.25) is 5.91 Å². The normalized spacial score (nSPS) is 17.4. The summed E-state index contributed by atoms with van der Waals surface area (Å²) in [7, 11) is 3.18. The minimum absolute atomic E-state index is 0.0160. The first-order chi connectivity index (χ1) is 13.1. The molecule has 5 nitrogen and oxygen atoms in total. The predicted octanol–water partition coefficient (Wildman–Crippen LogP) is 4.21. The van der Waals surface area contributed by atoms with Gasteiger partial charge in [-0.2, -0.15) is 0 Å². The summed E-state index contributed by atoms with van der Waals surface area (Å²) in [4.78, 5) is 15.1. The fraction of sp³-hybridized carbons (Fsp3) is 0.381. The van der Waals surface area contributed by atoms with Crippen LogP contribution in [-0.2, 0) is 11.3 Å². The Kier molecular flexibility index (Phi) is 6.58. The zero-order valence-corrected chi connectivity index (χ0v) is 16.5. The fourth-order valence-corrected chi connectivity index (χ4v) is 3.61. The molecule has 144 valence electrons.